The molecule has 0 aliphatic rings. The van der Waals surface area contributed by atoms with Gasteiger partial charge in [-0.15, -0.1) is 0 Å². The number of fused-ring (bicyclic) bond motifs is 6. The van der Waals surface area contributed by atoms with Gasteiger partial charge in [0.05, 0.1) is 4.11 Å². The summed E-state index contributed by atoms with van der Waals surface area (Å²) in [5, 5.41) is 6.35. The summed E-state index contributed by atoms with van der Waals surface area (Å²) in [5.41, 5.74) is 11.4. The summed E-state index contributed by atoms with van der Waals surface area (Å²) in [5.74, 6) is 0.837. The minimum atomic E-state index is -0.0950. The Kier molecular flexibility index (Phi) is 6.22. The summed E-state index contributed by atoms with van der Waals surface area (Å²) in [6.45, 7) is 0. The molecule has 2 aromatic heterocycles. The second kappa shape index (κ2) is 12.2. The van der Waals surface area contributed by atoms with Crippen LogP contribution in [0.3, 0.4) is 0 Å². The van der Waals surface area contributed by atoms with E-state index in [1.165, 1.54) is 0 Å². The molecule has 0 spiro atoms. The van der Waals surface area contributed by atoms with Crippen LogP contribution in [0.4, 0.5) is 0 Å². The molecule has 2 heterocycles. The van der Waals surface area contributed by atoms with Crippen LogP contribution in [0, 0.1) is 0 Å². The topological polar surface area (TPSA) is 26.3 Å². The first kappa shape index (κ1) is 27.5. The third-order valence-corrected chi connectivity index (χ3v) is 10.7. The maximum absolute atomic E-state index is 9.46. The Balaban J connectivity index is 1.12. The fourth-order valence-corrected chi connectivity index (χ4v) is 8.20. The van der Waals surface area contributed by atoms with E-state index < -0.39 is 0 Å². The third-order valence-electron chi connectivity index (χ3n) is 10.7. The lowest BCUT2D eigenvalue weighted by molar-refractivity contribution is 0.631. The highest BCUT2D eigenvalue weighted by Crippen LogP contribution is 2.47. The lowest BCUT2D eigenvalue weighted by Gasteiger charge is -2.18. The van der Waals surface area contributed by atoms with Crippen LogP contribution < -0.4 is 0 Å². The molecule has 9 aromatic carbocycles. The zero-order valence-electron chi connectivity index (χ0n) is 32.1. The van der Waals surface area contributed by atoms with Crippen LogP contribution in [0.5, 0.6) is 0 Å². The Morgan fingerprint density at radius 3 is 1.87 bits per heavy atom. The van der Waals surface area contributed by atoms with Crippen molar-refractivity contribution in [3.05, 3.63) is 194 Å². The summed E-state index contributed by atoms with van der Waals surface area (Å²) >= 11 is 0. The van der Waals surface area contributed by atoms with Crippen molar-refractivity contribution in [1.29, 1.82) is 0 Å². The van der Waals surface area contributed by atoms with Crippen molar-refractivity contribution in [2.75, 3.05) is 0 Å². The molecule has 11 aromatic rings. The number of hydrogen-bond acceptors (Lipinski definition) is 2. The van der Waals surface area contributed by atoms with Gasteiger partial charge in [0.2, 0.25) is 0 Å². The standard InChI is InChI=1S/C52H32O2/c1-3-13-33(14-4-1)35-17-11-18-38(29-35)50-40-19-7-9-21-42(40)51(43-22-10-8-20-41(43)50)45-23-12-24-47-52(45)44-27-25-37(31-49(44)54-47)36-26-28-46-39(30-36)32-48(53-46)34-15-5-2-6-16-34/h1-32H/i7D,9D,21D. The molecule has 0 N–H and O–H groups in total. The SMILES string of the molecule is [2H]c1cc2c(-c3cccc(-c4ccccc4)c3)c3ccccc3c(-c3cccc4oc5cc(-c6ccc7oc(-c8ccccc8)cc7c6)ccc5c34)c2c([2H])c1[2H]. The molecule has 0 unspecified atom stereocenters. The smallest absolute Gasteiger partial charge is 0.136 e. The van der Waals surface area contributed by atoms with Crippen molar-refractivity contribution < 1.29 is 12.9 Å². The van der Waals surface area contributed by atoms with E-state index in [-0.39, 0.29) is 18.1 Å². The van der Waals surface area contributed by atoms with E-state index in [2.05, 4.69) is 103 Å². The van der Waals surface area contributed by atoms with Gasteiger partial charge >= 0.3 is 0 Å². The van der Waals surface area contributed by atoms with Crippen LogP contribution in [0.1, 0.15) is 4.11 Å². The van der Waals surface area contributed by atoms with Crippen LogP contribution >= 0.6 is 0 Å². The Morgan fingerprint density at radius 2 is 1.02 bits per heavy atom. The van der Waals surface area contributed by atoms with Crippen LogP contribution in [0.15, 0.2) is 203 Å². The average molecular weight is 692 g/mol. The zero-order valence-corrected chi connectivity index (χ0v) is 29.1. The third kappa shape index (κ3) is 4.88. The molecule has 54 heavy (non-hydrogen) atoms. The Hall–Kier alpha value is -7.16. The molecule has 0 aliphatic carbocycles. The second-order valence-electron chi connectivity index (χ2n) is 13.8. The summed E-state index contributed by atoms with van der Waals surface area (Å²) < 4.78 is 40.0. The minimum absolute atomic E-state index is 0.0265. The van der Waals surface area contributed by atoms with E-state index in [1.807, 2.05) is 66.7 Å². The normalized spacial score (nSPS) is 12.5. The highest BCUT2D eigenvalue weighted by atomic mass is 16.3. The molecule has 0 saturated carbocycles. The van der Waals surface area contributed by atoms with Crippen LogP contribution in [0.2, 0.25) is 0 Å². The molecule has 11 rings (SSSR count). The predicted molar refractivity (Wildman–Crippen MR) is 226 cm³/mol. The van der Waals surface area contributed by atoms with E-state index in [1.54, 1.807) is 6.07 Å². The van der Waals surface area contributed by atoms with Crippen molar-refractivity contribution >= 4 is 54.5 Å². The average Bonchev–Trinajstić information content (AvgIpc) is 3.87. The first-order valence-electron chi connectivity index (χ1n) is 19.7. The van der Waals surface area contributed by atoms with Gasteiger partial charge in [-0.25, -0.2) is 0 Å². The van der Waals surface area contributed by atoms with E-state index in [9.17, 15) is 1.37 Å². The predicted octanol–water partition coefficient (Wildman–Crippen LogP) is 15.0. The summed E-state index contributed by atoms with van der Waals surface area (Å²) in [7, 11) is 0. The van der Waals surface area contributed by atoms with Gasteiger partial charge in [-0.2, -0.15) is 0 Å². The first-order valence-corrected chi connectivity index (χ1v) is 18.2. The number of furan rings is 2. The molecule has 0 radical (unpaired) electrons. The van der Waals surface area contributed by atoms with Gasteiger partial charge in [-0.05, 0) is 109 Å². The van der Waals surface area contributed by atoms with Gasteiger partial charge in [0.15, 0.2) is 0 Å². The van der Waals surface area contributed by atoms with Crippen molar-refractivity contribution in [2.24, 2.45) is 0 Å². The van der Waals surface area contributed by atoms with Gasteiger partial charge in [-0.1, -0.05) is 152 Å². The molecule has 0 saturated heterocycles. The van der Waals surface area contributed by atoms with Gasteiger partial charge in [-0.3, -0.25) is 0 Å². The maximum Gasteiger partial charge on any atom is 0.136 e. The molecular weight excluding hydrogens is 657 g/mol. The molecule has 0 fully saturated rings. The quantitative estimate of drug-likeness (QED) is 0.168. The van der Waals surface area contributed by atoms with Crippen molar-refractivity contribution in [3.63, 3.8) is 0 Å². The highest BCUT2D eigenvalue weighted by molar-refractivity contribution is 6.25. The van der Waals surface area contributed by atoms with E-state index >= 15 is 0 Å². The molecule has 2 nitrogen and oxygen atoms in total. The molecular formula is C52H32O2. The lowest BCUT2D eigenvalue weighted by atomic mass is 9.84. The van der Waals surface area contributed by atoms with Gasteiger partial charge in [0, 0.05) is 21.7 Å². The van der Waals surface area contributed by atoms with E-state index in [4.69, 9.17) is 11.6 Å². The maximum atomic E-state index is 9.46. The van der Waals surface area contributed by atoms with Gasteiger partial charge < -0.3 is 8.83 Å². The largest absolute Gasteiger partial charge is 0.456 e. The summed E-state index contributed by atoms with van der Waals surface area (Å²) in [6, 6.07) is 59.8. The van der Waals surface area contributed by atoms with Gasteiger partial charge in [0.1, 0.15) is 22.5 Å². The fourth-order valence-electron chi connectivity index (χ4n) is 8.20. The van der Waals surface area contributed by atoms with Crippen molar-refractivity contribution in [3.8, 4) is 55.8 Å². The monoisotopic (exact) mass is 691 g/mol. The number of hydrogen-bond donors (Lipinski definition) is 0. The van der Waals surface area contributed by atoms with Crippen LogP contribution in [-0.4, -0.2) is 0 Å². The van der Waals surface area contributed by atoms with E-state index in [0.717, 1.165) is 105 Å². The zero-order chi connectivity index (χ0) is 38.2. The first-order chi connectivity index (χ1) is 28.0. The fraction of sp³-hybridized carbons (Fsp3) is 0. The minimum Gasteiger partial charge on any atom is -0.456 e. The molecule has 0 aliphatic heterocycles. The van der Waals surface area contributed by atoms with E-state index in [0.29, 0.717) is 5.39 Å². The molecule has 0 bridgehead atoms. The summed E-state index contributed by atoms with van der Waals surface area (Å²) in [4.78, 5) is 0. The molecule has 0 atom stereocenters. The Morgan fingerprint density at radius 1 is 0.352 bits per heavy atom. The lowest BCUT2D eigenvalue weighted by Crippen LogP contribution is -1.91. The number of rotatable bonds is 5. The second-order valence-corrected chi connectivity index (χ2v) is 13.8. The molecule has 2 heteroatoms. The molecule has 252 valence electrons. The van der Waals surface area contributed by atoms with Crippen molar-refractivity contribution in [2.45, 2.75) is 0 Å². The Bertz CT molecular complexity index is 3380. The number of benzene rings is 9. The Labute approximate surface area is 316 Å². The van der Waals surface area contributed by atoms with Crippen LogP contribution in [0.25, 0.3) is 110 Å². The van der Waals surface area contributed by atoms with Gasteiger partial charge in [0.25, 0.3) is 0 Å². The van der Waals surface area contributed by atoms with Crippen LogP contribution in [-0.2, 0) is 0 Å². The highest BCUT2D eigenvalue weighted by Gasteiger charge is 2.21. The molecule has 0 amide bonds. The van der Waals surface area contributed by atoms with Crippen molar-refractivity contribution in [1.82, 2.24) is 0 Å². The summed E-state index contributed by atoms with van der Waals surface area (Å²) in [6.07, 6.45) is 0.